The van der Waals surface area contributed by atoms with Crippen molar-refractivity contribution in [1.82, 2.24) is 0 Å². The van der Waals surface area contributed by atoms with Crippen LogP contribution in [0.5, 0.6) is 0 Å². The van der Waals surface area contributed by atoms with E-state index < -0.39 is 0 Å². The normalized spacial score (nSPS) is 28.3. The van der Waals surface area contributed by atoms with E-state index in [2.05, 4.69) is 4.74 Å². The zero-order valence-corrected chi connectivity index (χ0v) is 6.74. The monoisotopic (exact) mass is 156 g/mol. The fourth-order valence-electron chi connectivity index (χ4n) is 1.12. The topological polar surface area (TPSA) is 43.4 Å². The van der Waals surface area contributed by atoms with Gasteiger partial charge in [-0.3, -0.25) is 9.59 Å². The molecule has 0 saturated heterocycles. The summed E-state index contributed by atoms with van der Waals surface area (Å²) in [7, 11) is 0. The molecule has 62 valence electrons. The highest BCUT2D eigenvalue weighted by molar-refractivity contribution is 5.86. The SMILES string of the molecule is CC(C)C(=O)[C@H]1C[C@@H]1OC=O. The number of hydrogen-bond acceptors (Lipinski definition) is 3. The van der Waals surface area contributed by atoms with Gasteiger partial charge in [0.05, 0.1) is 5.92 Å². The number of rotatable bonds is 4. The number of carbonyl (C=O) groups excluding carboxylic acids is 2. The van der Waals surface area contributed by atoms with Crippen molar-refractivity contribution in [3.05, 3.63) is 0 Å². The molecular weight excluding hydrogens is 144 g/mol. The van der Waals surface area contributed by atoms with E-state index in [1.807, 2.05) is 13.8 Å². The van der Waals surface area contributed by atoms with Gasteiger partial charge >= 0.3 is 0 Å². The summed E-state index contributed by atoms with van der Waals surface area (Å²) in [5, 5.41) is 0. The minimum absolute atomic E-state index is 0.0137. The third-order valence-electron chi connectivity index (χ3n) is 1.90. The van der Waals surface area contributed by atoms with E-state index in [1.54, 1.807) is 0 Å². The van der Waals surface area contributed by atoms with Crippen molar-refractivity contribution in [3.63, 3.8) is 0 Å². The average molecular weight is 156 g/mol. The first-order chi connectivity index (χ1) is 5.16. The molecule has 0 N–H and O–H groups in total. The lowest BCUT2D eigenvalue weighted by molar-refractivity contribution is -0.131. The van der Waals surface area contributed by atoms with Gasteiger partial charge in [-0.2, -0.15) is 0 Å². The van der Waals surface area contributed by atoms with Crippen molar-refractivity contribution in [2.24, 2.45) is 11.8 Å². The van der Waals surface area contributed by atoms with Crippen LogP contribution in [0.4, 0.5) is 0 Å². The second-order valence-electron chi connectivity index (χ2n) is 3.17. The molecule has 0 bridgehead atoms. The molecule has 1 aliphatic rings. The molecule has 0 aromatic rings. The van der Waals surface area contributed by atoms with Gasteiger partial charge < -0.3 is 4.74 Å². The van der Waals surface area contributed by atoms with E-state index in [1.165, 1.54) is 0 Å². The maximum absolute atomic E-state index is 11.2. The molecule has 0 aromatic carbocycles. The molecule has 11 heavy (non-hydrogen) atoms. The van der Waals surface area contributed by atoms with Gasteiger partial charge in [0.25, 0.3) is 6.47 Å². The summed E-state index contributed by atoms with van der Waals surface area (Å²) < 4.78 is 4.64. The maximum Gasteiger partial charge on any atom is 0.293 e. The Morgan fingerprint density at radius 2 is 2.27 bits per heavy atom. The summed E-state index contributed by atoms with van der Waals surface area (Å²) in [6.07, 6.45) is 0.595. The third-order valence-corrected chi connectivity index (χ3v) is 1.90. The molecule has 3 heteroatoms. The molecule has 2 atom stereocenters. The maximum atomic E-state index is 11.2. The average Bonchev–Trinajstić information content (AvgIpc) is 2.67. The van der Waals surface area contributed by atoms with Crippen LogP contribution in [0.2, 0.25) is 0 Å². The number of carbonyl (C=O) groups is 2. The molecule has 0 radical (unpaired) electrons. The molecule has 0 heterocycles. The first-order valence-electron chi connectivity index (χ1n) is 3.79. The van der Waals surface area contributed by atoms with Gasteiger partial charge in [-0.15, -0.1) is 0 Å². The second-order valence-corrected chi connectivity index (χ2v) is 3.17. The highest BCUT2D eigenvalue weighted by Gasteiger charge is 2.45. The summed E-state index contributed by atoms with van der Waals surface area (Å²) in [6, 6.07) is 0. The number of hydrogen-bond donors (Lipinski definition) is 0. The van der Waals surface area contributed by atoms with Gasteiger partial charge in [0.1, 0.15) is 11.9 Å². The summed E-state index contributed by atoms with van der Waals surface area (Å²) in [6.45, 7) is 4.13. The van der Waals surface area contributed by atoms with E-state index in [4.69, 9.17) is 0 Å². The first kappa shape index (κ1) is 8.24. The number of ether oxygens (including phenoxy) is 1. The lowest BCUT2D eigenvalue weighted by atomic mass is 10.1. The molecule has 1 aliphatic carbocycles. The van der Waals surface area contributed by atoms with Gasteiger partial charge in [-0.25, -0.2) is 0 Å². The van der Waals surface area contributed by atoms with Crippen molar-refractivity contribution in [3.8, 4) is 0 Å². The first-order valence-corrected chi connectivity index (χ1v) is 3.79. The molecule has 0 amide bonds. The number of Topliss-reactive ketones (excluding diaryl/α,β-unsaturated/α-hetero) is 1. The van der Waals surface area contributed by atoms with Crippen LogP contribution in [-0.2, 0) is 14.3 Å². The summed E-state index contributed by atoms with van der Waals surface area (Å²) in [4.78, 5) is 21.1. The van der Waals surface area contributed by atoms with E-state index >= 15 is 0 Å². The van der Waals surface area contributed by atoms with Gasteiger partial charge in [-0.1, -0.05) is 13.8 Å². The third kappa shape index (κ3) is 1.79. The molecule has 0 spiro atoms. The Bertz CT molecular complexity index is 174. The molecule has 3 nitrogen and oxygen atoms in total. The smallest absolute Gasteiger partial charge is 0.293 e. The van der Waals surface area contributed by atoms with Crippen molar-refractivity contribution in [2.75, 3.05) is 0 Å². The minimum Gasteiger partial charge on any atom is -0.464 e. The van der Waals surface area contributed by atoms with Crippen LogP contribution in [0.1, 0.15) is 20.3 Å². The Hall–Kier alpha value is -0.860. The Labute approximate surface area is 65.7 Å². The Morgan fingerprint density at radius 3 is 2.73 bits per heavy atom. The van der Waals surface area contributed by atoms with E-state index in [0.717, 1.165) is 6.42 Å². The zero-order chi connectivity index (χ0) is 8.43. The summed E-state index contributed by atoms with van der Waals surface area (Å²) >= 11 is 0. The molecule has 1 saturated carbocycles. The Morgan fingerprint density at radius 1 is 1.64 bits per heavy atom. The van der Waals surface area contributed by atoms with E-state index in [0.29, 0.717) is 6.47 Å². The molecule has 1 rings (SSSR count). The Balaban J connectivity index is 2.31. The van der Waals surface area contributed by atoms with Crippen molar-refractivity contribution >= 4 is 12.3 Å². The lowest BCUT2D eigenvalue weighted by Gasteiger charge is -2.00. The van der Waals surface area contributed by atoms with Crippen LogP contribution < -0.4 is 0 Å². The second kappa shape index (κ2) is 3.03. The van der Waals surface area contributed by atoms with Crippen LogP contribution in [0.25, 0.3) is 0 Å². The molecule has 1 fully saturated rings. The summed E-state index contributed by atoms with van der Waals surface area (Å²) in [5.74, 6) is 0.248. The molecule has 0 unspecified atom stereocenters. The highest BCUT2D eigenvalue weighted by atomic mass is 16.5. The van der Waals surface area contributed by atoms with Gasteiger partial charge in [0.15, 0.2) is 0 Å². The van der Waals surface area contributed by atoms with Gasteiger partial charge in [0, 0.05) is 5.92 Å². The van der Waals surface area contributed by atoms with E-state index in [-0.39, 0.29) is 23.7 Å². The van der Waals surface area contributed by atoms with Crippen LogP contribution in [0.15, 0.2) is 0 Å². The van der Waals surface area contributed by atoms with Gasteiger partial charge in [0.2, 0.25) is 0 Å². The molecule has 0 aliphatic heterocycles. The number of ketones is 1. The summed E-state index contributed by atoms with van der Waals surface area (Å²) in [5.41, 5.74) is 0. The van der Waals surface area contributed by atoms with Crippen molar-refractivity contribution < 1.29 is 14.3 Å². The van der Waals surface area contributed by atoms with Crippen LogP contribution in [-0.4, -0.2) is 18.4 Å². The molecule has 0 aromatic heterocycles. The largest absolute Gasteiger partial charge is 0.464 e. The molecular formula is C8H12O3. The quantitative estimate of drug-likeness (QED) is 0.565. The van der Waals surface area contributed by atoms with Crippen molar-refractivity contribution in [1.29, 1.82) is 0 Å². The van der Waals surface area contributed by atoms with Gasteiger partial charge in [-0.05, 0) is 6.42 Å². The van der Waals surface area contributed by atoms with Crippen LogP contribution >= 0.6 is 0 Å². The minimum atomic E-state index is -0.123. The zero-order valence-electron chi connectivity index (χ0n) is 6.74. The predicted octanol–water partition coefficient (Wildman–Crippen LogP) is 0.773. The Kier molecular flexibility index (Phi) is 2.27. The van der Waals surface area contributed by atoms with Crippen LogP contribution in [0.3, 0.4) is 0 Å². The predicted molar refractivity (Wildman–Crippen MR) is 38.9 cm³/mol. The fraction of sp³-hybridized carbons (Fsp3) is 0.750. The highest BCUT2D eigenvalue weighted by Crippen LogP contribution is 2.35. The standard InChI is InChI=1S/C8H12O3/c1-5(2)8(10)6-3-7(6)11-4-9/h4-7H,3H2,1-2H3/t6-,7-/m0/s1. The van der Waals surface area contributed by atoms with E-state index in [9.17, 15) is 9.59 Å². The lowest BCUT2D eigenvalue weighted by Crippen LogP contribution is -2.12. The van der Waals surface area contributed by atoms with Crippen LogP contribution in [0, 0.1) is 11.8 Å². The van der Waals surface area contributed by atoms with Crippen molar-refractivity contribution in [2.45, 2.75) is 26.4 Å². The fourth-order valence-corrected chi connectivity index (χ4v) is 1.12.